The second-order valence-electron chi connectivity index (χ2n) is 5.27. The molecule has 0 saturated heterocycles. The fourth-order valence-electron chi connectivity index (χ4n) is 2.54. The molecule has 0 radical (unpaired) electrons. The summed E-state index contributed by atoms with van der Waals surface area (Å²) in [6.07, 6.45) is 0.705. The van der Waals surface area contributed by atoms with E-state index in [1.807, 2.05) is 32.0 Å². The first kappa shape index (κ1) is 15.0. The maximum Gasteiger partial charge on any atom is 0.312 e. The van der Waals surface area contributed by atoms with E-state index in [1.165, 1.54) is 4.90 Å². The van der Waals surface area contributed by atoms with Gasteiger partial charge in [0.2, 0.25) is 5.91 Å². The fourth-order valence-corrected chi connectivity index (χ4v) is 2.54. The molecule has 2 rings (SSSR count). The molecular formula is C15H19N3O3. The van der Waals surface area contributed by atoms with Crippen LogP contribution in [-0.4, -0.2) is 28.7 Å². The predicted molar refractivity (Wildman–Crippen MR) is 78.1 cm³/mol. The van der Waals surface area contributed by atoms with Crippen molar-refractivity contribution in [1.29, 1.82) is 0 Å². The zero-order valence-corrected chi connectivity index (χ0v) is 12.1. The lowest BCUT2D eigenvalue weighted by Crippen LogP contribution is -2.52. The number of rotatable bonds is 2. The Morgan fingerprint density at radius 3 is 2.71 bits per heavy atom. The maximum absolute atomic E-state index is 12.5. The van der Waals surface area contributed by atoms with Crippen molar-refractivity contribution >= 4 is 23.4 Å². The lowest BCUT2D eigenvalue weighted by molar-refractivity contribution is -0.149. The van der Waals surface area contributed by atoms with Crippen LogP contribution in [0.1, 0.15) is 25.8 Å². The third kappa shape index (κ3) is 2.89. The molecule has 6 heteroatoms. The van der Waals surface area contributed by atoms with E-state index in [0.717, 1.165) is 5.56 Å². The fraction of sp³-hybridized carbons (Fsp3) is 0.400. The van der Waals surface area contributed by atoms with Crippen molar-refractivity contribution in [3.63, 3.8) is 0 Å². The summed E-state index contributed by atoms with van der Waals surface area (Å²) >= 11 is 0. The van der Waals surface area contributed by atoms with E-state index < -0.39 is 17.9 Å². The Morgan fingerprint density at radius 1 is 1.43 bits per heavy atom. The van der Waals surface area contributed by atoms with E-state index in [2.05, 4.69) is 5.32 Å². The van der Waals surface area contributed by atoms with Gasteiger partial charge in [0.15, 0.2) is 0 Å². The molecular weight excluding hydrogens is 270 g/mol. The quantitative estimate of drug-likeness (QED) is 0.791. The topological polar surface area (TPSA) is 92.5 Å². The molecule has 0 bridgehead atoms. The molecule has 6 nitrogen and oxygen atoms in total. The van der Waals surface area contributed by atoms with E-state index in [1.54, 1.807) is 6.07 Å². The summed E-state index contributed by atoms with van der Waals surface area (Å²) in [6, 6.07) is 6.52. The molecule has 3 amide bonds. The highest BCUT2D eigenvalue weighted by Crippen LogP contribution is 2.27. The number of carbonyl (C=O) groups is 3. The number of amides is 3. The third-order valence-corrected chi connectivity index (χ3v) is 3.87. The van der Waals surface area contributed by atoms with Gasteiger partial charge in [-0.2, -0.15) is 0 Å². The van der Waals surface area contributed by atoms with Gasteiger partial charge in [-0.05, 0) is 17.5 Å². The van der Waals surface area contributed by atoms with Crippen molar-refractivity contribution in [3.8, 4) is 0 Å². The first-order valence-corrected chi connectivity index (χ1v) is 6.94. The number of primary amides is 1. The minimum atomic E-state index is -1.05. The summed E-state index contributed by atoms with van der Waals surface area (Å²) in [5.74, 6) is -2.24. The van der Waals surface area contributed by atoms with Crippen molar-refractivity contribution in [2.75, 3.05) is 5.32 Å². The van der Waals surface area contributed by atoms with Gasteiger partial charge in [-0.15, -0.1) is 0 Å². The highest BCUT2D eigenvalue weighted by molar-refractivity contribution is 6.34. The average Bonchev–Trinajstić information content (AvgIpc) is 2.61. The molecule has 1 heterocycles. The zero-order chi connectivity index (χ0) is 15.6. The Labute approximate surface area is 123 Å². The van der Waals surface area contributed by atoms with Crippen LogP contribution in [0.3, 0.4) is 0 Å². The summed E-state index contributed by atoms with van der Waals surface area (Å²) in [4.78, 5) is 37.1. The number of benzene rings is 1. The van der Waals surface area contributed by atoms with Gasteiger partial charge in [-0.3, -0.25) is 14.4 Å². The maximum atomic E-state index is 12.5. The van der Waals surface area contributed by atoms with Crippen molar-refractivity contribution in [2.45, 2.75) is 32.9 Å². The van der Waals surface area contributed by atoms with Crippen LogP contribution in [0.4, 0.5) is 5.69 Å². The molecule has 1 aromatic rings. The van der Waals surface area contributed by atoms with Crippen LogP contribution in [0.2, 0.25) is 0 Å². The van der Waals surface area contributed by atoms with Crippen LogP contribution in [0.5, 0.6) is 0 Å². The first-order chi connectivity index (χ1) is 9.95. The minimum Gasteiger partial charge on any atom is -0.361 e. The molecule has 0 fully saturated rings. The molecule has 1 aliphatic heterocycles. The van der Waals surface area contributed by atoms with E-state index >= 15 is 0 Å². The number of nitrogens with two attached hydrogens (primary N) is 1. The molecule has 3 N–H and O–H groups in total. The molecule has 0 aliphatic carbocycles. The van der Waals surface area contributed by atoms with E-state index in [9.17, 15) is 14.4 Å². The van der Waals surface area contributed by atoms with E-state index in [0.29, 0.717) is 12.1 Å². The summed E-state index contributed by atoms with van der Waals surface area (Å²) in [5, 5.41) is 2.83. The van der Waals surface area contributed by atoms with Crippen LogP contribution in [0, 0.1) is 5.92 Å². The molecule has 112 valence electrons. The summed E-state index contributed by atoms with van der Waals surface area (Å²) in [6.45, 7) is 4.00. The van der Waals surface area contributed by atoms with Gasteiger partial charge < -0.3 is 16.0 Å². The van der Waals surface area contributed by atoms with Gasteiger partial charge in [0, 0.05) is 12.2 Å². The number of fused-ring (bicyclic) bond motifs is 1. The Balaban J connectivity index is 2.47. The van der Waals surface area contributed by atoms with Crippen molar-refractivity contribution in [3.05, 3.63) is 29.8 Å². The number of para-hydroxylation sites is 1. The Morgan fingerprint density at radius 2 is 2.10 bits per heavy atom. The highest BCUT2D eigenvalue weighted by Gasteiger charge is 2.38. The summed E-state index contributed by atoms with van der Waals surface area (Å²) in [5.41, 5.74) is 6.57. The van der Waals surface area contributed by atoms with Crippen molar-refractivity contribution in [1.82, 2.24) is 4.90 Å². The van der Waals surface area contributed by atoms with E-state index in [-0.39, 0.29) is 18.4 Å². The minimum absolute atomic E-state index is 0.0809. The largest absolute Gasteiger partial charge is 0.361 e. The van der Waals surface area contributed by atoms with Gasteiger partial charge in [0.25, 0.3) is 0 Å². The number of nitrogens with one attached hydrogen (secondary N) is 1. The summed E-state index contributed by atoms with van der Waals surface area (Å²) in [7, 11) is 0. The Bertz CT molecular complexity index is 585. The van der Waals surface area contributed by atoms with Crippen molar-refractivity contribution in [2.24, 2.45) is 11.7 Å². The van der Waals surface area contributed by atoms with Crippen LogP contribution in [-0.2, 0) is 20.9 Å². The molecule has 21 heavy (non-hydrogen) atoms. The zero-order valence-electron chi connectivity index (χ0n) is 12.1. The van der Waals surface area contributed by atoms with Crippen LogP contribution < -0.4 is 11.1 Å². The van der Waals surface area contributed by atoms with Crippen LogP contribution >= 0.6 is 0 Å². The van der Waals surface area contributed by atoms with Gasteiger partial charge in [-0.25, -0.2) is 0 Å². The SMILES string of the molecule is CCC(C)C1C(=O)Nc2ccccc2CN1C(=O)C(N)=O. The highest BCUT2D eigenvalue weighted by atomic mass is 16.2. The number of anilines is 1. The third-order valence-electron chi connectivity index (χ3n) is 3.87. The standard InChI is InChI=1S/C15H19N3O3/c1-3-9(2)12-14(20)17-11-7-5-4-6-10(11)8-18(12)15(21)13(16)19/h4-7,9,12H,3,8H2,1-2H3,(H2,16,19)(H,17,20). The lowest BCUT2D eigenvalue weighted by Gasteiger charge is -2.31. The summed E-state index contributed by atoms with van der Waals surface area (Å²) < 4.78 is 0. The number of hydrogen-bond acceptors (Lipinski definition) is 3. The number of nitrogens with zero attached hydrogens (tertiary/aromatic N) is 1. The number of carbonyl (C=O) groups excluding carboxylic acids is 3. The Kier molecular flexibility index (Phi) is 4.26. The monoisotopic (exact) mass is 289 g/mol. The van der Waals surface area contributed by atoms with Crippen molar-refractivity contribution < 1.29 is 14.4 Å². The van der Waals surface area contributed by atoms with Crippen LogP contribution in [0.25, 0.3) is 0 Å². The van der Waals surface area contributed by atoms with E-state index in [4.69, 9.17) is 5.73 Å². The molecule has 1 aliphatic rings. The van der Waals surface area contributed by atoms with Gasteiger partial charge in [0.1, 0.15) is 6.04 Å². The van der Waals surface area contributed by atoms with Gasteiger partial charge in [-0.1, -0.05) is 38.5 Å². The molecule has 0 spiro atoms. The molecule has 0 aromatic heterocycles. The Hall–Kier alpha value is -2.37. The second kappa shape index (κ2) is 5.95. The lowest BCUT2D eigenvalue weighted by atomic mass is 9.96. The number of hydrogen-bond donors (Lipinski definition) is 2. The molecule has 2 atom stereocenters. The molecule has 0 saturated carbocycles. The first-order valence-electron chi connectivity index (χ1n) is 6.94. The van der Waals surface area contributed by atoms with Gasteiger partial charge in [0.05, 0.1) is 0 Å². The van der Waals surface area contributed by atoms with Crippen LogP contribution in [0.15, 0.2) is 24.3 Å². The molecule has 1 aromatic carbocycles. The normalized spacial score (nSPS) is 19.2. The predicted octanol–water partition coefficient (Wildman–Crippen LogP) is 0.867. The molecule has 2 unspecified atom stereocenters. The second-order valence-corrected chi connectivity index (χ2v) is 5.27. The van der Waals surface area contributed by atoms with Gasteiger partial charge >= 0.3 is 11.8 Å². The smallest absolute Gasteiger partial charge is 0.312 e. The average molecular weight is 289 g/mol.